The number of rotatable bonds is 3. The summed E-state index contributed by atoms with van der Waals surface area (Å²) < 4.78 is 19.9. The van der Waals surface area contributed by atoms with Crippen LogP contribution in [0.4, 0.5) is 4.39 Å². The summed E-state index contributed by atoms with van der Waals surface area (Å²) in [7, 11) is 0. The average molecular weight is 333 g/mol. The highest BCUT2D eigenvalue weighted by atomic mass is 35.5. The molecule has 110 valence electrons. The average Bonchev–Trinajstić information content (AvgIpc) is 2.53. The van der Waals surface area contributed by atoms with Gasteiger partial charge in [0.25, 0.3) is 0 Å². The van der Waals surface area contributed by atoms with E-state index >= 15 is 0 Å². The van der Waals surface area contributed by atoms with Gasteiger partial charge in [0.2, 0.25) is 0 Å². The van der Waals surface area contributed by atoms with Crippen LogP contribution in [0.15, 0.2) is 66.7 Å². The first-order valence-corrected chi connectivity index (χ1v) is 7.37. The molecule has 0 N–H and O–H groups in total. The molecule has 0 heterocycles. The smallest absolute Gasteiger partial charge is 0.170 e. The molecule has 0 aliphatic carbocycles. The Kier molecular flexibility index (Phi) is 4.32. The van der Waals surface area contributed by atoms with E-state index in [-0.39, 0.29) is 5.75 Å². The molecule has 3 aromatic carbocycles. The summed E-state index contributed by atoms with van der Waals surface area (Å²) in [5.41, 5.74) is 1.35. The summed E-state index contributed by atoms with van der Waals surface area (Å²) in [6, 6.07) is 19.0. The second kappa shape index (κ2) is 6.39. The van der Waals surface area contributed by atoms with Crippen molar-refractivity contribution in [1.29, 1.82) is 0 Å². The molecule has 0 bridgehead atoms. The van der Waals surface area contributed by atoms with Gasteiger partial charge in [0.1, 0.15) is 5.75 Å². The summed E-state index contributed by atoms with van der Waals surface area (Å²) in [6.07, 6.45) is 0. The molecule has 0 fully saturated rings. The van der Waals surface area contributed by atoms with Crippen LogP contribution in [-0.4, -0.2) is 0 Å². The van der Waals surface area contributed by atoms with Gasteiger partial charge < -0.3 is 4.74 Å². The maximum absolute atomic E-state index is 14.2. The van der Waals surface area contributed by atoms with E-state index < -0.39 is 5.82 Å². The van der Waals surface area contributed by atoms with Gasteiger partial charge in [-0.15, -0.1) is 0 Å². The standard InChI is InChI=1S/C18H11Cl2FO/c19-15-10-9-12(11-16(15)20)14-7-4-8-17(21)18(14)22-13-5-2-1-3-6-13/h1-11H. The highest BCUT2D eigenvalue weighted by molar-refractivity contribution is 6.42. The van der Waals surface area contributed by atoms with Crippen molar-refractivity contribution < 1.29 is 9.13 Å². The van der Waals surface area contributed by atoms with Crippen LogP contribution in [0, 0.1) is 5.82 Å². The van der Waals surface area contributed by atoms with Gasteiger partial charge >= 0.3 is 0 Å². The molecule has 0 radical (unpaired) electrons. The van der Waals surface area contributed by atoms with Gasteiger partial charge in [0, 0.05) is 5.56 Å². The molecule has 0 spiro atoms. The van der Waals surface area contributed by atoms with Crippen LogP contribution < -0.4 is 4.74 Å². The minimum absolute atomic E-state index is 0.159. The van der Waals surface area contributed by atoms with Crippen molar-refractivity contribution in [2.75, 3.05) is 0 Å². The molecule has 0 unspecified atom stereocenters. The topological polar surface area (TPSA) is 9.23 Å². The van der Waals surface area contributed by atoms with Crippen LogP contribution in [0.25, 0.3) is 11.1 Å². The van der Waals surface area contributed by atoms with Crippen molar-refractivity contribution in [3.63, 3.8) is 0 Å². The Labute approximate surface area is 137 Å². The number of hydrogen-bond acceptors (Lipinski definition) is 1. The van der Waals surface area contributed by atoms with Gasteiger partial charge in [-0.05, 0) is 35.9 Å². The zero-order chi connectivity index (χ0) is 15.5. The molecule has 0 aliphatic heterocycles. The lowest BCUT2D eigenvalue weighted by Gasteiger charge is -2.13. The van der Waals surface area contributed by atoms with Crippen molar-refractivity contribution in [2.45, 2.75) is 0 Å². The van der Waals surface area contributed by atoms with Gasteiger partial charge in [-0.25, -0.2) is 4.39 Å². The van der Waals surface area contributed by atoms with Gasteiger partial charge in [-0.1, -0.05) is 59.6 Å². The molecule has 3 rings (SSSR count). The maximum Gasteiger partial charge on any atom is 0.170 e. The minimum Gasteiger partial charge on any atom is -0.454 e. The molecule has 0 saturated carbocycles. The summed E-state index contributed by atoms with van der Waals surface area (Å²) in [6.45, 7) is 0. The van der Waals surface area contributed by atoms with Crippen LogP contribution in [0.1, 0.15) is 0 Å². The van der Waals surface area contributed by atoms with Crippen molar-refractivity contribution >= 4 is 23.2 Å². The van der Waals surface area contributed by atoms with Gasteiger partial charge in [-0.2, -0.15) is 0 Å². The molecule has 0 atom stereocenters. The van der Waals surface area contributed by atoms with E-state index in [9.17, 15) is 4.39 Å². The first-order valence-electron chi connectivity index (χ1n) is 6.62. The number of hydrogen-bond donors (Lipinski definition) is 0. The highest BCUT2D eigenvalue weighted by Gasteiger charge is 2.13. The van der Waals surface area contributed by atoms with E-state index in [0.29, 0.717) is 21.4 Å². The normalized spacial score (nSPS) is 10.5. The monoisotopic (exact) mass is 332 g/mol. The SMILES string of the molecule is Fc1cccc(-c2ccc(Cl)c(Cl)c2)c1Oc1ccccc1. The van der Waals surface area contributed by atoms with E-state index in [2.05, 4.69) is 0 Å². The van der Waals surface area contributed by atoms with E-state index in [1.165, 1.54) is 6.07 Å². The van der Waals surface area contributed by atoms with Crippen LogP contribution >= 0.6 is 23.2 Å². The largest absolute Gasteiger partial charge is 0.454 e. The lowest BCUT2D eigenvalue weighted by atomic mass is 10.0. The lowest BCUT2D eigenvalue weighted by Crippen LogP contribution is -1.92. The highest BCUT2D eigenvalue weighted by Crippen LogP contribution is 2.37. The van der Waals surface area contributed by atoms with E-state index in [4.69, 9.17) is 27.9 Å². The van der Waals surface area contributed by atoms with E-state index in [1.54, 1.807) is 42.5 Å². The molecule has 0 aromatic heterocycles. The Morgan fingerprint density at radius 1 is 0.773 bits per heavy atom. The van der Waals surface area contributed by atoms with Gasteiger partial charge in [0.05, 0.1) is 10.0 Å². The molecule has 0 saturated heterocycles. The first kappa shape index (κ1) is 14.9. The third kappa shape index (κ3) is 3.08. The summed E-state index contributed by atoms with van der Waals surface area (Å²) >= 11 is 12.0. The zero-order valence-electron chi connectivity index (χ0n) is 11.4. The molecule has 0 aliphatic rings. The summed E-state index contributed by atoms with van der Waals surface area (Å²) in [5.74, 6) is 0.286. The Morgan fingerprint density at radius 3 is 2.27 bits per heavy atom. The molecule has 4 heteroatoms. The minimum atomic E-state index is -0.438. The fourth-order valence-corrected chi connectivity index (χ4v) is 2.41. The molecule has 3 aromatic rings. The second-order valence-corrected chi connectivity index (χ2v) is 5.47. The molecule has 0 amide bonds. The van der Waals surface area contributed by atoms with Crippen molar-refractivity contribution in [1.82, 2.24) is 0 Å². The molecule has 1 nitrogen and oxygen atoms in total. The van der Waals surface area contributed by atoms with Gasteiger partial charge in [0.15, 0.2) is 11.6 Å². The summed E-state index contributed by atoms with van der Waals surface area (Å²) in [5, 5.41) is 0.862. The number of para-hydroxylation sites is 2. The van der Waals surface area contributed by atoms with E-state index in [0.717, 1.165) is 5.56 Å². The van der Waals surface area contributed by atoms with Crippen molar-refractivity contribution in [2.24, 2.45) is 0 Å². The van der Waals surface area contributed by atoms with Crippen LogP contribution in [0.5, 0.6) is 11.5 Å². The zero-order valence-corrected chi connectivity index (χ0v) is 12.9. The summed E-state index contributed by atoms with van der Waals surface area (Å²) in [4.78, 5) is 0. The molecular formula is C18H11Cl2FO. The van der Waals surface area contributed by atoms with E-state index in [1.807, 2.05) is 18.2 Å². The van der Waals surface area contributed by atoms with Crippen molar-refractivity contribution in [3.8, 4) is 22.6 Å². The second-order valence-electron chi connectivity index (χ2n) is 4.66. The lowest BCUT2D eigenvalue weighted by molar-refractivity contribution is 0.444. The molecular weight excluding hydrogens is 322 g/mol. The Balaban J connectivity index is 2.08. The van der Waals surface area contributed by atoms with Crippen LogP contribution in [0.2, 0.25) is 10.0 Å². The molecule has 22 heavy (non-hydrogen) atoms. The Morgan fingerprint density at radius 2 is 1.55 bits per heavy atom. The number of benzene rings is 3. The predicted octanol–water partition coefficient (Wildman–Crippen LogP) is 6.59. The Bertz CT molecular complexity index is 803. The number of ether oxygens (including phenoxy) is 1. The number of halogens is 3. The maximum atomic E-state index is 14.2. The van der Waals surface area contributed by atoms with Crippen molar-refractivity contribution in [3.05, 3.63) is 82.6 Å². The third-order valence-corrected chi connectivity index (χ3v) is 3.90. The van der Waals surface area contributed by atoms with Gasteiger partial charge in [-0.3, -0.25) is 0 Å². The fraction of sp³-hybridized carbons (Fsp3) is 0. The Hall–Kier alpha value is -2.03. The first-order chi connectivity index (χ1) is 10.6. The quantitative estimate of drug-likeness (QED) is 0.525. The predicted molar refractivity (Wildman–Crippen MR) is 88.4 cm³/mol. The van der Waals surface area contributed by atoms with Crippen LogP contribution in [-0.2, 0) is 0 Å². The van der Waals surface area contributed by atoms with Crippen LogP contribution in [0.3, 0.4) is 0 Å². The third-order valence-electron chi connectivity index (χ3n) is 3.16. The fourth-order valence-electron chi connectivity index (χ4n) is 2.11.